The molecule has 114 valence electrons. The number of hydrogen-bond donors (Lipinski definition) is 1. The van der Waals surface area contributed by atoms with Crippen LogP contribution in [0, 0.1) is 5.92 Å². The molecule has 1 atom stereocenters. The summed E-state index contributed by atoms with van der Waals surface area (Å²) in [5.41, 5.74) is 0.543. The van der Waals surface area contributed by atoms with Crippen molar-refractivity contribution in [2.75, 3.05) is 19.6 Å². The minimum absolute atomic E-state index is 0.0615. The molecule has 1 aliphatic carbocycles. The summed E-state index contributed by atoms with van der Waals surface area (Å²) in [5.74, 6) is 0.515. The molecule has 2 aliphatic rings. The maximum atomic E-state index is 12.0. The molecule has 0 aromatic carbocycles. The number of hydrogen-bond acceptors (Lipinski definition) is 4. The van der Waals surface area contributed by atoms with Gasteiger partial charge in [-0.05, 0) is 38.1 Å². The zero-order valence-corrected chi connectivity index (χ0v) is 12.5. The van der Waals surface area contributed by atoms with Gasteiger partial charge in [-0.3, -0.25) is 4.79 Å². The molecule has 0 radical (unpaired) electrons. The SMILES string of the molecule is O=C(NC[C@@H]1CCCN(C2CCCC2)C1)c1cncnc1. The number of aromatic nitrogens is 2. The average Bonchev–Trinajstić information content (AvgIpc) is 3.08. The maximum absolute atomic E-state index is 12.0. The first kappa shape index (κ1) is 14.4. The van der Waals surface area contributed by atoms with Gasteiger partial charge in [0.15, 0.2) is 0 Å². The molecule has 1 N–H and O–H groups in total. The molecule has 0 bridgehead atoms. The zero-order valence-electron chi connectivity index (χ0n) is 12.5. The van der Waals surface area contributed by atoms with Crippen LogP contribution in [0.2, 0.25) is 0 Å². The Kier molecular flexibility index (Phi) is 4.80. The molecule has 2 heterocycles. The summed E-state index contributed by atoms with van der Waals surface area (Å²) in [6.07, 6.45) is 12.5. The lowest BCUT2D eigenvalue weighted by Gasteiger charge is -2.36. The summed E-state index contributed by atoms with van der Waals surface area (Å²) < 4.78 is 0. The topological polar surface area (TPSA) is 58.1 Å². The van der Waals surface area contributed by atoms with Crippen molar-refractivity contribution in [3.05, 3.63) is 24.3 Å². The minimum atomic E-state index is -0.0615. The normalized spacial score (nSPS) is 24.1. The molecule has 1 aliphatic heterocycles. The van der Waals surface area contributed by atoms with Crippen LogP contribution < -0.4 is 5.32 Å². The van der Waals surface area contributed by atoms with Crippen LogP contribution in [-0.4, -0.2) is 46.5 Å². The summed E-state index contributed by atoms with van der Waals surface area (Å²) in [7, 11) is 0. The Morgan fingerprint density at radius 1 is 1.19 bits per heavy atom. The Balaban J connectivity index is 1.47. The number of piperidine rings is 1. The van der Waals surface area contributed by atoms with E-state index in [0.29, 0.717) is 11.5 Å². The Bertz CT molecular complexity index is 459. The van der Waals surface area contributed by atoms with Crippen molar-refractivity contribution in [3.63, 3.8) is 0 Å². The Labute approximate surface area is 126 Å². The average molecular weight is 288 g/mol. The first-order valence-corrected chi connectivity index (χ1v) is 8.10. The van der Waals surface area contributed by atoms with E-state index in [0.717, 1.165) is 19.1 Å². The van der Waals surface area contributed by atoms with Crippen LogP contribution in [0.3, 0.4) is 0 Å². The highest BCUT2D eigenvalue weighted by Crippen LogP contribution is 2.27. The van der Waals surface area contributed by atoms with Gasteiger partial charge in [-0.1, -0.05) is 12.8 Å². The van der Waals surface area contributed by atoms with E-state index in [9.17, 15) is 4.79 Å². The van der Waals surface area contributed by atoms with E-state index in [1.807, 2.05) is 0 Å². The van der Waals surface area contributed by atoms with Gasteiger partial charge < -0.3 is 10.2 Å². The van der Waals surface area contributed by atoms with Gasteiger partial charge in [0.1, 0.15) is 6.33 Å². The van der Waals surface area contributed by atoms with Crippen LogP contribution in [0.1, 0.15) is 48.9 Å². The van der Waals surface area contributed by atoms with Gasteiger partial charge >= 0.3 is 0 Å². The fourth-order valence-electron chi connectivity index (χ4n) is 3.62. The number of carbonyl (C=O) groups excluding carboxylic acids is 1. The first-order chi connectivity index (χ1) is 10.3. The maximum Gasteiger partial charge on any atom is 0.254 e. The van der Waals surface area contributed by atoms with E-state index in [1.54, 1.807) is 12.4 Å². The summed E-state index contributed by atoms with van der Waals surface area (Å²) in [6, 6.07) is 0.797. The molecule has 1 amide bonds. The molecule has 2 fully saturated rings. The van der Waals surface area contributed by atoms with Crippen molar-refractivity contribution in [1.82, 2.24) is 20.2 Å². The third-order valence-electron chi connectivity index (χ3n) is 4.77. The smallest absolute Gasteiger partial charge is 0.254 e. The van der Waals surface area contributed by atoms with Crippen molar-refractivity contribution >= 4 is 5.91 Å². The predicted molar refractivity (Wildman–Crippen MR) is 80.9 cm³/mol. The number of nitrogens with one attached hydrogen (secondary N) is 1. The fourth-order valence-corrected chi connectivity index (χ4v) is 3.62. The van der Waals surface area contributed by atoms with Crippen LogP contribution in [0.15, 0.2) is 18.7 Å². The van der Waals surface area contributed by atoms with Crippen molar-refractivity contribution in [2.24, 2.45) is 5.92 Å². The highest BCUT2D eigenvalue weighted by atomic mass is 16.1. The van der Waals surface area contributed by atoms with Gasteiger partial charge in [0, 0.05) is 31.5 Å². The molecule has 1 saturated heterocycles. The van der Waals surface area contributed by atoms with Gasteiger partial charge in [0.2, 0.25) is 0 Å². The van der Waals surface area contributed by atoms with E-state index in [4.69, 9.17) is 0 Å². The molecule has 1 aromatic rings. The number of carbonyl (C=O) groups is 1. The van der Waals surface area contributed by atoms with Crippen LogP contribution in [0.25, 0.3) is 0 Å². The summed E-state index contributed by atoms with van der Waals surface area (Å²) in [5, 5.41) is 3.03. The Morgan fingerprint density at radius 3 is 2.71 bits per heavy atom. The quantitative estimate of drug-likeness (QED) is 0.919. The second-order valence-corrected chi connectivity index (χ2v) is 6.28. The molecule has 1 aromatic heterocycles. The van der Waals surface area contributed by atoms with E-state index in [1.165, 1.54) is 51.4 Å². The lowest BCUT2D eigenvalue weighted by molar-refractivity contribution is 0.0912. The minimum Gasteiger partial charge on any atom is -0.352 e. The third-order valence-corrected chi connectivity index (χ3v) is 4.77. The van der Waals surface area contributed by atoms with Crippen LogP contribution in [0.4, 0.5) is 0 Å². The van der Waals surface area contributed by atoms with Gasteiger partial charge in [-0.15, -0.1) is 0 Å². The molecule has 0 unspecified atom stereocenters. The van der Waals surface area contributed by atoms with Crippen molar-refractivity contribution in [2.45, 2.75) is 44.6 Å². The number of amides is 1. The Morgan fingerprint density at radius 2 is 1.95 bits per heavy atom. The third kappa shape index (κ3) is 3.79. The summed E-state index contributed by atoms with van der Waals surface area (Å²) >= 11 is 0. The van der Waals surface area contributed by atoms with Crippen LogP contribution >= 0.6 is 0 Å². The fraction of sp³-hybridized carbons (Fsp3) is 0.688. The Hall–Kier alpha value is -1.49. The van der Waals surface area contributed by atoms with E-state index < -0.39 is 0 Å². The standard InChI is InChI=1S/C16H24N4O/c21-16(14-9-17-12-18-10-14)19-8-13-4-3-7-20(11-13)15-5-1-2-6-15/h9-10,12-13,15H,1-8,11H2,(H,19,21)/t13-/m0/s1. The predicted octanol–water partition coefficient (Wildman–Crippen LogP) is 1.86. The van der Waals surface area contributed by atoms with Gasteiger partial charge in [-0.25, -0.2) is 9.97 Å². The molecule has 5 nitrogen and oxygen atoms in total. The molecule has 0 spiro atoms. The van der Waals surface area contributed by atoms with Crippen LogP contribution in [0.5, 0.6) is 0 Å². The van der Waals surface area contributed by atoms with Crippen molar-refractivity contribution < 1.29 is 4.79 Å². The molecule has 1 saturated carbocycles. The highest BCUT2D eigenvalue weighted by molar-refractivity contribution is 5.93. The van der Waals surface area contributed by atoms with E-state index >= 15 is 0 Å². The number of likely N-dealkylation sites (tertiary alicyclic amines) is 1. The lowest BCUT2D eigenvalue weighted by Crippen LogP contribution is -2.44. The molecule has 21 heavy (non-hydrogen) atoms. The largest absolute Gasteiger partial charge is 0.352 e. The molecular formula is C16H24N4O. The van der Waals surface area contributed by atoms with Crippen molar-refractivity contribution in [1.29, 1.82) is 0 Å². The summed E-state index contributed by atoms with van der Waals surface area (Å²) in [4.78, 5) is 22.4. The first-order valence-electron chi connectivity index (χ1n) is 8.10. The van der Waals surface area contributed by atoms with Gasteiger partial charge in [0.25, 0.3) is 5.91 Å². The monoisotopic (exact) mass is 288 g/mol. The second kappa shape index (κ2) is 6.98. The zero-order chi connectivity index (χ0) is 14.5. The second-order valence-electron chi connectivity index (χ2n) is 6.28. The van der Waals surface area contributed by atoms with Crippen molar-refractivity contribution in [3.8, 4) is 0 Å². The number of rotatable bonds is 4. The van der Waals surface area contributed by atoms with Crippen LogP contribution in [-0.2, 0) is 0 Å². The molecule has 5 heteroatoms. The van der Waals surface area contributed by atoms with E-state index in [2.05, 4.69) is 20.2 Å². The lowest BCUT2D eigenvalue weighted by atomic mass is 9.96. The summed E-state index contributed by atoms with van der Waals surface area (Å²) in [6.45, 7) is 3.13. The van der Waals surface area contributed by atoms with Gasteiger partial charge in [0.05, 0.1) is 5.56 Å². The number of nitrogens with zero attached hydrogens (tertiary/aromatic N) is 3. The molecular weight excluding hydrogens is 264 g/mol. The van der Waals surface area contributed by atoms with E-state index in [-0.39, 0.29) is 5.91 Å². The molecule has 3 rings (SSSR count). The highest BCUT2D eigenvalue weighted by Gasteiger charge is 2.27. The van der Waals surface area contributed by atoms with Gasteiger partial charge in [-0.2, -0.15) is 0 Å².